The van der Waals surface area contributed by atoms with E-state index < -0.39 is 0 Å². The van der Waals surface area contributed by atoms with Crippen LogP contribution in [0.4, 0.5) is 0 Å². The number of aryl methyl sites for hydroxylation is 2. The molecule has 98 valence electrons. The largest absolute Gasteiger partial charge is 6.00 e. The SMILES string of the molecule is Cc1ccc(C)[n-]1.[CH3-].[CH3-].[CH3-].[CH3-].[Ru+6].c1cc[n-]c1. The maximum Gasteiger partial charge on any atom is 6.00 e. The van der Waals surface area contributed by atoms with Gasteiger partial charge in [0, 0.05) is 0 Å². The summed E-state index contributed by atoms with van der Waals surface area (Å²) in [6, 6.07) is 7.80. The van der Waals surface area contributed by atoms with Crippen molar-refractivity contribution in [2.45, 2.75) is 13.8 Å². The van der Waals surface area contributed by atoms with Gasteiger partial charge in [0.2, 0.25) is 0 Å². The summed E-state index contributed by atoms with van der Waals surface area (Å²) >= 11 is 0. The fourth-order valence-electron chi connectivity index (χ4n) is 0.842. The Morgan fingerprint density at radius 3 is 1.24 bits per heavy atom. The molecule has 0 aromatic carbocycles. The zero-order valence-corrected chi connectivity index (χ0v) is 13.5. The molecule has 0 aliphatic rings. The fraction of sp³-hybridized carbons (Fsp3) is 0.143. The van der Waals surface area contributed by atoms with Gasteiger partial charge in [0.25, 0.3) is 0 Å². The van der Waals surface area contributed by atoms with Crippen molar-refractivity contribution in [1.82, 2.24) is 9.97 Å². The first kappa shape index (κ1) is 29.8. The third-order valence-electron chi connectivity index (χ3n) is 1.37. The molecule has 0 aliphatic carbocycles. The van der Waals surface area contributed by atoms with Crippen molar-refractivity contribution in [3.05, 3.63) is 77.8 Å². The second-order valence-corrected chi connectivity index (χ2v) is 2.56. The van der Waals surface area contributed by atoms with Crippen LogP contribution in [0.3, 0.4) is 0 Å². The maximum atomic E-state index is 4.11. The molecule has 0 bridgehead atoms. The summed E-state index contributed by atoms with van der Waals surface area (Å²) in [6.45, 7) is 3.99. The molecule has 0 spiro atoms. The van der Waals surface area contributed by atoms with Crippen LogP contribution >= 0.6 is 0 Å². The molecule has 17 heavy (non-hydrogen) atoms. The Morgan fingerprint density at radius 1 is 0.765 bits per heavy atom. The predicted molar refractivity (Wildman–Crippen MR) is 74.7 cm³/mol. The first-order chi connectivity index (χ1) is 5.79. The molecular weight excluding hydrogens is 297 g/mol. The molecule has 2 nitrogen and oxygen atoms in total. The van der Waals surface area contributed by atoms with Crippen LogP contribution in [0.15, 0.2) is 36.7 Å². The second-order valence-electron chi connectivity index (χ2n) is 2.56. The molecule has 3 heteroatoms. The summed E-state index contributed by atoms with van der Waals surface area (Å²) in [7, 11) is 0. The van der Waals surface area contributed by atoms with Crippen LogP contribution in [-0.4, -0.2) is 0 Å². The normalized spacial score (nSPS) is 6.24. The van der Waals surface area contributed by atoms with E-state index in [9.17, 15) is 0 Å². The molecule has 0 radical (unpaired) electrons. The quantitative estimate of drug-likeness (QED) is 0.547. The van der Waals surface area contributed by atoms with Crippen molar-refractivity contribution < 1.29 is 19.5 Å². The minimum atomic E-state index is 0. The molecule has 2 aromatic rings. The van der Waals surface area contributed by atoms with E-state index in [1.54, 1.807) is 12.4 Å². The van der Waals surface area contributed by atoms with Gasteiger partial charge in [0.05, 0.1) is 0 Å². The summed E-state index contributed by atoms with van der Waals surface area (Å²) in [5.74, 6) is 0. The van der Waals surface area contributed by atoms with Gasteiger partial charge < -0.3 is 39.7 Å². The molecule has 2 aromatic heterocycles. The minimum absolute atomic E-state index is 0. The minimum Gasteiger partial charge on any atom is -0.670 e. The van der Waals surface area contributed by atoms with Crippen LogP contribution in [0.25, 0.3) is 0 Å². The third-order valence-corrected chi connectivity index (χ3v) is 1.37. The first-order valence-electron chi connectivity index (χ1n) is 3.87. The molecule has 0 amide bonds. The number of hydrogen-bond donors (Lipinski definition) is 0. The molecule has 0 unspecified atom stereocenters. The van der Waals surface area contributed by atoms with E-state index in [0.717, 1.165) is 11.4 Å². The number of rotatable bonds is 0. The molecule has 0 atom stereocenters. The molecule has 0 aliphatic heterocycles. The standard InChI is InChI=1S/C6H8N.C4H4N.4CH3.Ru/c1-5-3-4-6(2)7-5;1-2-4-5-3-1;;;;;/h3-4H,1-2H3;1-4H;4*1H3;/q6*-1;+6. The van der Waals surface area contributed by atoms with Gasteiger partial charge in [-0.2, -0.15) is 23.8 Å². The number of aromatic nitrogens is 2. The van der Waals surface area contributed by atoms with Crippen LogP contribution in [0.5, 0.6) is 0 Å². The fourth-order valence-corrected chi connectivity index (χ4v) is 0.842. The molecule has 2 heterocycles. The Labute approximate surface area is 121 Å². The van der Waals surface area contributed by atoms with Gasteiger partial charge in [-0.1, -0.05) is 38.1 Å². The Balaban J connectivity index is -0.0000000447. The van der Waals surface area contributed by atoms with Gasteiger partial charge in [-0.3, -0.25) is 0 Å². The van der Waals surface area contributed by atoms with Crippen molar-refractivity contribution in [1.29, 1.82) is 0 Å². The molecule has 0 saturated carbocycles. The third kappa shape index (κ3) is 15.2. The van der Waals surface area contributed by atoms with E-state index in [-0.39, 0.29) is 49.2 Å². The van der Waals surface area contributed by atoms with Gasteiger partial charge in [-0.15, -0.1) is 0 Å². The van der Waals surface area contributed by atoms with Crippen molar-refractivity contribution in [3.8, 4) is 0 Å². The van der Waals surface area contributed by atoms with Gasteiger partial charge in [-0.25, -0.2) is 0 Å². The average Bonchev–Trinajstić information content (AvgIpc) is 2.63. The summed E-state index contributed by atoms with van der Waals surface area (Å²) in [6.07, 6.45) is 3.50. The summed E-state index contributed by atoms with van der Waals surface area (Å²) in [5.41, 5.74) is 2.22. The Hall–Kier alpha value is -0.817. The van der Waals surface area contributed by atoms with Crippen molar-refractivity contribution in [2.24, 2.45) is 0 Å². The first-order valence-corrected chi connectivity index (χ1v) is 3.87. The zero-order chi connectivity index (χ0) is 8.81. The maximum absolute atomic E-state index is 4.11. The second kappa shape index (κ2) is 17.6. The molecule has 2 rings (SSSR count). The molecular formula is C14H24N2Ru. The van der Waals surface area contributed by atoms with E-state index in [2.05, 4.69) is 9.97 Å². The van der Waals surface area contributed by atoms with Crippen LogP contribution < -0.4 is 9.97 Å². The monoisotopic (exact) mass is 322 g/mol. The van der Waals surface area contributed by atoms with Gasteiger partial charge in [-0.05, 0) is 0 Å². The summed E-state index contributed by atoms with van der Waals surface area (Å²) in [5, 5.41) is 0. The van der Waals surface area contributed by atoms with Gasteiger partial charge >= 0.3 is 19.5 Å². The molecule has 0 N–H and O–H groups in total. The van der Waals surface area contributed by atoms with E-state index in [1.807, 2.05) is 38.1 Å². The van der Waals surface area contributed by atoms with Crippen molar-refractivity contribution >= 4 is 0 Å². The van der Waals surface area contributed by atoms with E-state index in [0.29, 0.717) is 0 Å². The molecule has 0 saturated heterocycles. The van der Waals surface area contributed by atoms with Crippen LogP contribution in [-0.2, 0) is 19.5 Å². The van der Waals surface area contributed by atoms with Crippen LogP contribution in [0.1, 0.15) is 11.4 Å². The Bertz CT molecular complexity index is 266. The number of hydrogen-bond acceptors (Lipinski definition) is 0. The van der Waals surface area contributed by atoms with E-state index in [1.165, 1.54) is 0 Å². The van der Waals surface area contributed by atoms with E-state index >= 15 is 0 Å². The molecule has 0 fully saturated rings. The smallest absolute Gasteiger partial charge is 0.670 e. The van der Waals surface area contributed by atoms with Crippen molar-refractivity contribution in [3.63, 3.8) is 0 Å². The van der Waals surface area contributed by atoms with Gasteiger partial charge in [0.1, 0.15) is 0 Å². The predicted octanol–water partition coefficient (Wildman–Crippen LogP) is 3.70. The summed E-state index contributed by atoms with van der Waals surface area (Å²) < 4.78 is 0. The Kier molecular flexibility index (Phi) is 30.8. The van der Waals surface area contributed by atoms with E-state index in [4.69, 9.17) is 0 Å². The summed E-state index contributed by atoms with van der Waals surface area (Å²) in [4.78, 5) is 7.83. The zero-order valence-electron chi connectivity index (χ0n) is 11.7. The number of nitrogens with zero attached hydrogens (tertiary/aromatic N) is 2. The van der Waals surface area contributed by atoms with Gasteiger partial charge in [0.15, 0.2) is 0 Å². The van der Waals surface area contributed by atoms with Crippen LogP contribution in [0, 0.1) is 43.6 Å². The Morgan fingerprint density at radius 2 is 1.12 bits per heavy atom. The van der Waals surface area contributed by atoms with Crippen molar-refractivity contribution in [2.75, 3.05) is 0 Å². The topological polar surface area (TPSA) is 28.2 Å². The van der Waals surface area contributed by atoms with Crippen LogP contribution in [0.2, 0.25) is 0 Å². The average molecular weight is 321 g/mol.